The number of carboxylic acids is 1. The maximum Gasteiger partial charge on any atom is 0.373 e. The molecule has 0 aromatic heterocycles. The van der Waals surface area contributed by atoms with Crippen molar-refractivity contribution in [3.8, 4) is 0 Å². The molecule has 11 heteroatoms. The highest BCUT2D eigenvalue weighted by molar-refractivity contribution is 5.69. The van der Waals surface area contributed by atoms with Gasteiger partial charge in [0, 0.05) is 51.9 Å². The smallest absolute Gasteiger partial charge is 0.373 e. The lowest BCUT2D eigenvalue weighted by Crippen LogP contribution is -2.48. The first-order valence-corrected chi connectivity index (χ1v) is 8.35. The van der Waals surface area contributed by atoms with Gasteiger partial charge in [-0.1, -0.05) is 0 Å². The molecule has 1 rings (SSSR count). The molecular formula is C16H28N4O7. The average Bonchev–Trinajstić information content (AvgIpc) is 2.57. The highest BCUT2D eigenvalue weighted by atomic mass is 16.4. The monoisotopic (exact) mass is 388 g/mol. The summed E-state index contributed by atoms with van der Waals surface area (Å²) in [6.07, 6.45) is 1.41. The van der Waals surface area contributed by atoms with E-state index in [1.54, 1.807) is 0 Å². The molecule has 1 aliphatic rings. The maximum absolute atomic E-state index is 10.9. The number of nitrogens with one attached hydrogen (secondary N) is 1. The zero-order valence-corrected chi connectivity index (χ0v) is 15.8. The van der Waals surface area contributed by atoms with Gasteiger partial charge in [-0.05, 0) is 14.0 Å². The predicted octanol–water partition coefficient (Wildman–Crippen LogP) is -2.37. The summed E-state index contributed by atoms with van der Waals surface area (Å²) >= 11 is 0. The molecule has 0 bridgehead atoms. The Morgan fingerprint density at radius 1 is 1.07 bits per heavy atom. The molecule has 11 nitrogen and oxygen atoms in total. The standard InChI is InChI=1S/C14H28N4O3.2CO2/c1-13-11-18(9-10-19)8-7-17(12-14(20)21)6-5-16(2)4-3-15-13;2*2-1-3/h10,13,15H,3-9,11-12H2,1-2H3,(H,20,21);;. The Morgan fingerprint density at radius 2 is 1.59 bits per heavy atom. The zero-order chi connectivity index (χ0) is 21.1. The van der Waals surface area contributed by atoms with Gasteiger partial charge in [0.2, 0.25) is 0 Å². The van der Waals surface area contributed by atoms with Crippen molar-refractivity contribution in [1.82, 2.24) is 20.0 Å². The summed E-state index contributed by atoms with van der Waals surface area (Å²) in [5.74, 6) is -0.804. The largest absolute Gasteiger partial charge is 0.480 e. The van der Waals surface area contributed by atoms with Crippen LogP contribution < -0.4 is 5.32 Å². The fourth-order valence-electron chi connectivity index (χ4n) is 2.48. The van der Waals surface area contributed by atoms with Crippen molar-refractivity contribution in [3.63, 3.8) is 0 Å². The Morgan fingerprint density at radius 3 is 2.11 bits per heavy atom. The number of hydrogen-bond acceptors (Lipinski definition) is 10. The molecule has 0 aromatic carbocycles. The molecule has 154 valence electrons. The van der Waals surface area contributed by atoms with E-state index in [0.29, 0.717) is 25.7 Å². The molecule has 0 radical (unpaired) electrons. The van der Waals surface area contributed by atoms with E-state index in [2.05, 4.69) is 29.1 Å². The SMILES string of the molecule is CC1CN(CC=O)CCN(CC(=O)O)CCN(C)CCN1.O=C=O.O=C=O. The zero-order valence-electron chi connectivity index (χ0n) is 15.8. The molecular weight excluding hydrogens is 360 g/mol. The number of carboxylic acid groups (broad SMARTS) is 1. The number of rotatable bonds is 4. The Balaban J connectivity index is 0. The van der Waals surface area contributed by atoms with Gasteiger partial charge in [-0.3, -0.25) is 14.6 Å². The molecule has 1 unspecified atom stereocenters. The maximum atomic E-state index is 10.9. The first-order valence-electron chi connectivity index (χ1n) is 8.35. The van der Waals surface area contributed by atoms with Crippen molar-refractivity contribution in [3.05, 3.63) is 0 Å². The predicted molar refractivity (Wildman–Crippen MR) is 91.6 cm³/mol. The topological polar surface area (TPSA) is 144 Å². The van der Waals surface area contributed by atoms with Crippen molar-refractivity contribution < 1.29 is 33.9 Å². The molecule has 1 fully saturated rings. The number of nitrogens with zero attached hydrogens (tertiary/aromatic N) is 3. The summed E-state index contributed by atoms with van der Waals surface area (Å²) in [7, 11) is 2.05. The third-order valence-electron chi connectivity index (χ3n) is 3.74. The van der Waals surface area contributed by atoms with Gasteiger partial charge in [-0.2, -0.15) is 19.2 Å². The first-order chi connectivity index (χ1) is 12.8. The van der Waals surface area contributed by atoms with Gasteiger partial charge in [0.25, 0.3) is 0 Å². The van der Waals surface area contributed by atoms with Crippen molar-refractivity contribution in [2.75, 3.05) is 66.0 Å². The second-order valence-corrected chi connectivity index (χ2v) is 5.92. The molecule has 0 aliphatic carbocycles. The number of aldehydes is 1. The van der Waals surface area contributed by atoms with Crippen LogP contribution in [0.1, 0.15) is 6.92 Å². The quantitative estimate of drug-likeness (QED) is 0.498. The first kappa shape index (κ1) is 27.0. The average molecular weight is 388 g/mol. The van der Waals surface area contributed by atoms with Crippen molar-refractivity contribution >= 4 is 24.6 Å². The fraction of sp³-hybridized carbons (Fsp3) is 0.750. The van der Waals surface area contributed by atoms with Crippen LogP contribution >= 0.6 is 0 Å². The molecule has 2 N–H and O–H groups in total. The van der Waals surface area contributed by atoms with E-state index in [9.17, 15) is 9.59 Å². The third kappa shape index (κ3) is 18.3. The van der Waals surface area contributed by atoms with Crippen LogP contribution in [0.5, 0.6) is 0 Å². The molecule has 1 atom stereocenters. The van der Waals surface area contributed by atoms with Crippen molar-refractivity contribution in [2.24, 2.45) is 0 Å². The van der Waals surface area contributed by atoms with Gasteiger partial charge in [0.15, 0.2) is 0 Å². The minimum Gasteiger partial charge on any atom is -0.480 e. The Hall–Kier alpha value is -2.26. The third-order valence-corrected chi connectivity index (χ3v) is 3.74. The van der Waals surface area contributed by atoms with Crippen molar-refractivity contribution in [1.29, 1.82) is 0 Å². The number of carbonyl (C=O) groups is 2. The number of likely N-dealkylation sites (N-methyl/N-ethyl adjacent to an activating group) is 1. The lowest BCUT2D eigenvalue weighted by Gasteiger charge is -2.30. The van der Waals surface area contributed by atoms with E-state index < -0.39 is 5.97 Å². The Labute approximate surface area is 158 Å². The van der Waals surface area contributed by atoms with E-state index in [1.807, 2.05) is 4.90 Å². The highest BCUT2D eigenvalue weighted by Gasteiger charge is 2.16. The molecule has 1 aliphatic heterocycles. The summed E-state index contributed by atoms with van der Waals surface area (Å²) in [5.41, 5.74) is 0. The van der Waals surface area contributed by atoms with Gasteiger partial charge in [0.05, 0.1) is 13.1 Å². The van der Waals surface area contributed by atoms with E-state index in [4.69, 9.17) is 24.3 Å². The second-order valence-electron chi connectivity index (χ2n) is 5.92. The van der Waals surface area contributed by atoms with Crippen LogP contribution in [-0.2, 0) is 28.8 Å². The molecule has 0 aromatic rings. The minimum atomic E-state index is -0.804. The molecule has 0 saturated carbocycles. The van der Waals surface area contributed by atoms with Gasteiger partial charge in [0.1, 0.15) is 6.29 Å². The van der Waals surface area contributed by atoms with Crippen LogP contribution in [0.25, 0.3) is 0 Å². The highest BCUT2D eigenvalue weighted by Crippen LogP contribution is 1.98. The summed E-state index contributed by atoms with van der Waals surface area (Å²) in [4.78, 5) is 60.5. The van der Waals surface area contributed by atoms with Gasteiger partial charge in [-0.25, -0.2) is 0 Å². The van der Waals surface area contributed by atoms with Crippen LogP contribution in [0.3, 0.4) is 0 Å². The van der Waals surface area contributed by atoms with E-state index in [-0.39, 0.29) is 18.8 Å². The van der Waals surface area contributed by atoms with Gasteiger partial charge >= 0.3 is 18.3 Å². The van der Waals surface area contributed by atoms with Crippen LogP contribution in [-0.4, -0.2) is 116 Å². The van der Waals surface area contributed by atoms with E-state index >= 15 is 0 Å². The normalized spacial score (nSPS) is 20.0. The molecule has 0 amide bonds. The Kier molecular flexibility index (Phi) is 18.5. The van der Waals surface area contributed by atoms with Crippen molar-refractivity contribution in [2.45, 2.75) is 13.0 Å². The Bertz CT molecular complexity index is 465. The summed E-state index contributed by atoms with van der Waals surface area (Å²) in [6.45, 7) is 8.13. The summed E-state index contributed by atoms with van der Waals surface area (Å²) < 4.78 is 0. The van der Waals surface area contributed by atoms with Crippen LogP contribution in [0.4, 0.5) is 0 Å². The van der Waals surface area contributed by atoms with Gasteiger partial charge < -0.3 is 20.1 Å². The molecule has 1 saturated heterocycles. The fourth-order valence-corrected chi connectivity index (χ4v) is 2.48. The van der Waals surface area contributed by atoms with Gasteiger partial charge in [-0.15, -0.1) is 0 Å². The lowest BCUT2D eigenvalue weighted by molar-refractivity contribution is -0.193. The van der Waals surface area contributed by atoms with Crippen LogP contribution in [0.15, 0.2) is 0 Å². The summed E-state index contributed by atoms with van der Waals surface area (Å²) in [5, 5.41) is 12.5. The number of aliphatic carboxylic acids is 1. The molecule has 27 heavy (non-hydrogen) atoms. The van der Waals surface area contributed by atoms with E-state index in [1.165, 1.54) is 0 Å². The molecule has 0 spiro atoms. The lowest BCUT2D eigenvalue weighted by atomic mass is 10.2. The van der Waals surface area contributed by atoms with Crippen LogP contribution in [0, 0.1) is 0 Å². The van der Waals surface area contributed by atoms with E-state index in [0.717, 1.165) is 39.0 Å². The molecule has 1 heterocycles. The minimum absolute atomic E-state index is 0.0522. The number of carbonyl (C=O) groups excluding carboxylic acids is 5. The van der Waals surface area contributed by atoms with Crippen LogP contribution in [0.2, 0.25) is 0 Å². The number of hydrogen-bond donors (Lipinski definition) is 2. The second kappa shape index (κ2) is 18.5. The summed E-state index contributed by atoms with van der Waals surface area (Å²) in [6, 6.07) is 0.311.